The van der Waals surface area contributed by atoms with Crippen LogP contribution in [0.4, 0.5) is 4.39 Å². The highest BCUT2D eigenvalue weighted by atomic mass is 32.1. The first kappa shape index (κ1) is 12.2. The van der Waals surface area contributed by atoms with E-state index in [1.165, 1.54) is 23.5 Å². The van der Waals surface area contributed by atoms with E-state index >= 15 is 0 Å². The van der Waals surface area contributed by atoms with Gasteiger partial charge in [-0.3, -0.25) is 0 Å². The van der Waals surface area contributed by atoms with Crippen molar-refractivity contribution >= 4 is 11.3 Å². The Morgan fingerprint density at radius 3 is 2.71 bits per heavy atom. The van der Waals surface area contributed by atoms with Crippen molar-refractivity contribution in [1.82, 2.24) is 0 Å². The van der Waals surface area contributed by atoms with Gasteiger partial charge in [0.15, 0.2) is 0 Å². The summed E-state index contributed by atoms with van der Waals surface area (Å²) in [5, 5.41) is 12.1. The lowest BCUT2D eigenvalue weighted by Crippen LogP contribution is -2.19. The van der Waals surface area contributed by atoms with Crippen LogP contribution >= 0.6 is 11.3 Å². The summed E-state index contributed by atoms with van der Waals surface area (Å²) in [6.45, 7) is 0.280. The largest absolute Gasteiger partial charge is 0.387 e. The Morgan fingerprint density at radius 2 is 2.12 bits per heavy atom. The topological polar surface area (TPSA) is 46.2 Å². The van der Waals surface area contributed by atoms with Gasteiger partial charge in [0.1, 0.15) is 5.82 Å². The van der Waals surface area contributed by atoms with E-state index in [1.54, 1.807) is 12.1 Å². The van der Waals surface area contributed by atoms with E-state index in [9.17, 15) is 9.50 Å². The van der Waals surface area contributed by atoms with E-state index in [0.717, 1.165) is 10.4 Å². The first-order chi connectivity index (χ1) is 8.22. The van der Waals surface area contributed by atoms with Crippen LogP contribution < -0.4 is 5.73 Å². The fourth-order valence-electron chi connectivity index (χ4n) is 1.84. The van der Waals surface area contributed by atoms with Crippen molar-refractivity contribution in [3.63, 3.8) is 0 Å². The van der Waals surface area contributed by atoms with Gasteiger partial charge in [0.05, 0.1) is 6.10 Å². The normalized spacial score (nSPS) is 14.5. The van der Waals surface area contributed by atoms with Gasteiger partial charge in [-0.05, 0) is 29.1 Å². The molecule has 0 aliphatic rings. The second-order valence-electron chi connectivity index (χ2n) is 3.86. The summed E-state index contributed by atoms with van der Waals surface area (Å²) in [6.07, 6.45) is -0.679. The maximum atomic E-state index is 13.1. The van der Waals surface area contributed by atoms with Gasteiger partial charge in [0, 0.05) is 17.3 Å². The number of thiophene rings is 1. The summed E-state index contributed by atoms with van der Waals surface area (Å²) < 4.78 is 13.1. The minimum absolute atomic E-state index is 0.274. The smallest absolute Gasteiger partial charge is 0.123 e. The average Bonchev–Trinajstić information content (AvgIpc) is 2.83. The zero-order chi connectivity index (χ0) is 12.3. The van der Waals surface area contributed by atoms with Gasteiger partial charge < -0.3 is 10.8 Å². The Kier molecular flexibility index (Phi) is 3.89. The molecule has 0 aliphatic heterocycles. The molecule has 2 aromatic rings. The number of rotatable bonds is 4. The molecule has 0 bridgehead atoms. The molecule has 2 atom stereocenters. The molecule has 1 aromatic carbocycles. The van der Waals surface area contributed by atoms with E-state index in [4.69, 9.17) is 5.73 Å². The Hall–Kier alpha value is -1.23. The number of halogens is 1. The van der Waals surface area contributed by atoms with E-state index in [0.29, 0.717) is 0 Å². The monoisotopic (exact) mass is 251 g/mol. The Morgan fingerprint density at radius 1 is 1.29 bits per heavy atom. The van der Waals surface area contributed by atoms with Crippen LogP contribution in [0.25, 0.3) is 0 Å². The molecule has 0 radical (unpaired) electrons. The summed E-state index contributed by atoms with van der Waals surface area (Å²) in [7, 11) is 0. The van der Waals surface area contributed by atoms with Crippen molar-refractivity contribution < 1.29 is 9.50 Å². The molecular formula is C13H14FNOS. The molecule has 1 heterocycles. The second-order valence-corrected chi connectivity index (χ2v) is 4.84. The molecule has 4 heteroatoms. The molecule has 0 aliphatic carbocycles. The third-order valence-corrected chi connectivity index (χ3v) is 3.69. The zero-order valence-electron chi connectivity index (χ0n) is 9.21. The minimum atomic E-state index is -0.679. The standard InChI is InChI=1S/C13H14FNOS/c14-10-4-1-3-9(7-10)11(8-15)13(16)12-5-2-6-17-12/h1-7,11,13,16H,8,15H2. The Labute approximate surface area is 104 Å². The molecule has 17 heavy (non-hydrogen) atoms. The number of nitrogens with two attached hydrogens (primary N) is 1. The van der Waals surface area contributed by atoms with Gasteiger partial charge in [0.25, 0.3) is 0 Å². The summed E-state index contributed by atoms with van der Waals surface area (Å²) in [6, 6.07) is 9.97. The zero-order valence-corrected chi connectivity index (χ0v) is 10.0. The number of aliphatic hydroxyl groups excluding tert-OH is 1. The molecule has 2 nitrogen and oxygen atoms in total. The summed E-state index contributed by atoms with van der Waals surface area (Å²) in [5.74, 6) is -0.580. The van der Waals surface area contributed by atoms with Gasteiger partial charge in [-0.25, -0.2) is 4.39 Å². The SMILES string of the molecule is NCC(c1cccc(F)c1)C(O)c1cccs1. The number of aliphatic hydroxyl groups is 1. The first-order valence-corrected chi connectivity index (χ1v) is 6.27. The third-order valence-electron chi connectivity index (χ3n) is 2.75. The van der Waals surface area contributed by atoms with Crippen LogP contribution in [-0.2, 0) is 0 Å². The van der Waals surface area contributed by atoms with Crippen molar-refractivity contribution in [2.75, 3.05) is 6.54 Å². The molecular weight excluding hydrogens is 237 g/mol. The molecule has 0 amide bonds. The molecule has 0 saturated carbocycles. The average molecular weight is 251 g/mol. The highest BCUT2D eigenvalue weighted by Gasteiger charge is 2.22. The van der Waals surface area contributed by atoms with E-state index in [-0.39, 0.29) is 18.3 Å². The Bertz CT molecular complexity index is 472. The predicted molar refractivity (Wildman–Crippen MR) is 67.5 cm³/mol. The highest BCUT2D eigenvalue weighted by molar-refractivity contribution is 7.10. The van der Waals surface area contributed by atoms with Crippen LogP contribution in [0.2, 0.25) is 0 Å². The van der Waals surface area contributed by atoms with Crippen LogP contribution in [0.15, 0.2) is 41.8 Å². The molecule has 2 rings (SSSR count). The highest BCUT2D eigenvalue weighted by Crippen LogP contribution is 2.32. The Balaban J connectivity index is 2.27. The van der Waals surface area contributed by atoms with Crippen LogP contribution in [0, 0.1) is 5.82 Å². The number of hydrogen-bond donors (Lipinski definition) is 2. The quantitative estimate of drug-likeness (QED) is 0.877. The van der Waals surface area contributed by atoms with E-state index < -0.39 is 6.10 Å². The first-order valence-electron chi connectivity index (χ1n) is 5.39. The lowest BCUT2D eigenvalue weighted by Gasteiger charge is -2.20. The summed E-state index contributed by atoms with van der Waals surface area (Å²) >= 11 is 1.47. The van der Waals surface area contributed by atoms with Crippen molar-refractivity contribution in [2.45, 2.75) is 12.0 Å². The maximum Gasteiger partial charge on any atom is 0.123 e. The van der Waals surface area contributed by atoms with Gasteiger partial charge in [-0.15, -0.1) is 11.3 Å². The van der Waals surface area contributed by atoms with Crippen molar-refractivity contribution in [1.29, 1.82) is 0 Å². The van der Waals surface area contributed by atoms with Crippen LogP contribution in [0.1, 0.15) is 22.5 Å². The number of hydrogen-bond acceptors (Lipinski definition) is 3. The number of benzene rings is 1. The minimum Gasteiger partial charge on any atom is -0.387 e. The van der Waals surface area contributed by atoms with Crippen LogP contribution in [-0.4, -0.2) is 11.7 Å². The molecule has 1 aromatic heterocycles. The van der Waals surface area contributed by atoms with Gasteiger partial charge >= 0.3 is 0 Å². The molecule has 3 N–H and O–H groups in total. The van der Waals surface area contributed by atoms with Crippen LogP contribution in [0.5, 0.6) is 0 Å². The summed E-state index contributed by atoms with van der Waals surface area (Å²) in [4.78, 5) is 0.852. The lowest BCUT2D eigenvalue weighted by molar-refractivity contribution is 0.151. The van der Waals surface area contributed by atoms with E-state index in [1.807, 2.05) is 17.5 Å². The van der Waals surface area contributed by atoms with Gasteiger partial charge in [0.2, 0.25) is 0 Å². The molecule has 90 valence electrons. The van der Waals surface area contributed by atoms with Crippen molar-refractivity contribution in [3.05, 3.63) is 58.0 Å². The summed E-state index contributed by atoms with van der Waals surface area (Å²) in [5.41, 5.74) is 6.41. The van der Waals surface area contributed by atoms with Crippen molar-refractivity contribution in [3.8, 4) is 0 Å². The fraction of sp³-hybridized carbons (Fsp3) is 0.231. The fourth-order valence-corrected chi connectivity index (χ4v) is 2.62. The molecule has 0 fully saturated rings. The predicted octanol–water partition coefficient (Wildman–Crippen LogP) is 2.66. The second kappa shape index (κ2) is 5.40. The molecule has 2 unspecified atom stereocenters. The van der Waals surface area contributed by atoms with Crippen LogP contribution in [0.3, 0.4) is 0 Å². The molecule has 0 spiro atoms. The van der Waals surface area contributed by atoms with Crippen molar-refractivity contribution in [2.24, 2.45) is 5.73 Å². The van der Waals surface area contributed by atoms with E-state index in [2.05, 4.69) is 0 Å². The van der Waals surface area contributed by atoms with Gasteiger partial charge in [-0.1, -0.05) is 18.2 Å². The molecule has 0 saturated heterocycles. The van der Waals surface area contributed by atoms with Gasteiger partial charge in [-0.2, -0.15) is 0 Å². The lowest BCUT2D eigenvalue weighted by atomic mass is 9.92. The maximum absolute atomic E-state index is 13.1. The third kappa shape index (κ3) is 2.72.